The Bertz CT molecular complexity index is 571. The third kappa shape index (κ3) is 6.39. The number of nitrogens with one attached hydrogen (secondary N) is 2. The van der Waals surface area contributed by atoms with Gasteiger partial charge in [-0.15, -0.1) is 0 Å². The van der Waals surface area contributed by atoms with Crippen molar-refractivity contribution in [1.82, 2.24) is 5.32 Å². The summed E-state index contributed by atoms with van der Waals surface area (Å²) in [4.78, 5) is 23.1. The monoisotopic (exact) mass is 285 g/mol. The van der Waals surface area contributed by atoms with E-state index in [-0.39, 0.29) is 18.2 Å². The molecule has 0 aliphatic rings. The Morgan fingerprint density at radius 2 is 2.05 bits per heavy atom. The Labute approximate surface area is 124 Å². The summed E-state index contributed by atoms with van der Waals surface area (Å²) in [6.07, 6.45) is 3.12. The number of rotatable bonds is 6. The summed E-state index contributed by atoms with van der Waals surface area (Å²) >= 11 is 0. The molecular weight excluding hydrogens is 266 g/mol. The Morgan fingerprint density at radius 3 is 2.71 bits per heavy atom. The summed E-state index contributed by atoms with van der Waals surface area (Å²) in [5, 5.41) is 13.9. The summed E-state index contributed by atoms with van der Waals surface area (Å²) in [7, 11) is 0. The zero-order valence-corrected chi connectivity index (χ0v) is 12.2. The van der Waals surface area contributed by atoms with Crippen LogP contribution in [0.15, 0.2) is 36.4 Å². The Kier molecular flexibility index (Phi) is 6.69. The number of nitriles is 1. The number of benzene rings is 1. The fourth-order valence-corrected chi connectivity index (χ4v) is 1.58. The maximum atomic E-state index is 11.6. The summed E-state index contributed by atoms with van der Waals surface area (Å²) in [6, 6.07) is 8.95. The van der Waals surface area contributed by atoms with E-state index in [1.807, 2.05) is 32.1 Å². The fraction of sp³-hybridized carbons (Fsp3) is 0.312. The molecule has 0 fully saturated rings. The highest BCUT2D eigenvalue weighted by molar-refractivity contribution is 5.93. The molecule has 0 saturated heterocycles. The van der Waals surface area contributed by atoms with Gasteiger partial charge in [0.1, 0.15) is 6.42 Å². The van der Waals surface area contributed by atoms with Crippen molar-refractivity contribution >= 4 is 17.5 Å². The second-order valence-electron chi connectivity index (χ2n) is 4.86. The minimum Gasteiger partial charge on any atom is -0.348 e. The van der Waals surface area contributed by atoms with Crippen molar-refractivity contribution in [3.8, 4) is 6.07 Å². The molecule has 0 radical (unpaired) electrons. The van der Waals surface area contributed by atoms with Gasteiger partial charge in [0.25, 0.3) is 0 Å². The summed E-state index contributed by atoms with van der Waals surface area (Å²) in [6.45, 7) is 4.29. The Morgan fingerprint density at radius 1 is 1.33 bits per heavy atom. The number of nitrogens with zero attached hydrogens (tertiary/aromatic N) is 1. The molecule has 1 aromatic rings. The van der Waals surface area contributed by atoms with Gasteiger partial charge in [-0.25, -0.2) is 0 Å². The predicted octanol–water partition coefficient (Wildman–Crippen LogP) is 2.37. The van der Waals surface area contributed by atoms with Crippen LogP contribution in [0.1, 0.15) is 25.8 Å². The number of carbonyl (C=O) groups is 2. The third-order valence-electron chi connectivity index (χ3n) is 2.62. The average molecular weight is 285 g/mol. The molecule has 0 spiro atoms. The first kappa shape index (κ1) is 16.4. The van der Waals surface area contributed by atoms with Gasteiger partial charge >= 0.3 is 0 Å². The SMILES string of the molecule is CC(C)/C=C/C(=O)NCc1ccccc1NC(=O)CC#N. The molecule has 0 heterocycles. The van der Waals surface area contributed by atoms with E-state index in [4.69, 9.17) is 5.26 Å². The van der Waals surface area contributed by atoms with Gasteiger partial charge in [-0.3, -0.25) is 9.59 Å². The van der Waals surface area contributed by atoms with E-state index in [1.54, 1.807) is 18.2 Å². The van der Waals surface area contributed by atoms with Gasteiger partial charge in [0.2, 0.25) is 11.8 Å². The van der Waals surface area contributed by atoms with Crippen molar-refractivity contribution in [3.63, 3.8) is 0 Å². The van der Waals surface area contributed by atoms with Crippen LogP contribution < -0.4 is 10.6 Å². The van der Waals surface area contributed by atoms with E-state index >= 15 is 0 Å². The number of carbonyl (C=O) groups excluding carboxylic acids is 2. The third-order valence-corrected chi connectivity index (χ3v) is 2.62. The number of hydrogen-bond acceptors (Lipinski definition) is 3. The van der Waals surface area contributed by atoms with E-state index in [0.29, 0.717) is 18.2 Å². The second-order valence-corrected chi connectivity index (χ2v) is 4.86. The lowest BCUT2D eigenvalue weighted by atomic mass is 10.1. The van der Waals surface area contributed by atoms with Crippen molar-refractivity contribution < 1.29 is 9.59 Å². The molecule has 0 aromatic heterocycles. The highest BCUT2D eigenvalue weighted by Crippen LogP contribution is 2.15. The summed E-state index contributed by atoms with van der Waals surface area (Å²) in [5.74, 6) is -0.230. The molecule has 5 heteroatoms. The summed E-state index contributed by atoms with van der Waals surface area (Å²) in [5.41, 5.74) is 1.39. The zero-order valence-electron chi connectivity index (χ0n) is 12.2. The molecule has 5 nitrogen and oxygen atoms in total. The molecule has 2 amide bonds. The van der Waals surface area contributed by atoms with Crippen LogP contribution in [0.25, 0.3) is 0 Å². The lowest BCUT2D eigenvalue weighted by Crippen LogP contribution is -2.22. The van der Waals surface area contributed by atoms with Crippen molar-refractivity contribution in [2.75, 3.05) is 5.32 Å². The molecule has 0 unspecified atom stereocenters. The molecule has 0 atom stereocenters. The van der Waals surface area contributed by atoms with Crippen LogP contribution in [-0.2, 0) is 16.1 Å². The molecule has 0 aliphatic carbocycles. The molecule has 1 rings (SSSR count). The van der Waals surface area contributed by atoms with Gasteiger partial charge in [-0.2, -0.15) is 5.26 Å². The number of para-hydroxylation sites is 1. The van der Waals surface area contributed by atoms with Gasteiger partial charge in [-0.1, -0.05) is 38.1 Å². The maximum absolute atomic E-state index is 11.6. The Hall–Kier alpha value is -2.61. The van der Waals surface area contributed by atoms with E-state index in [1.165, 1.54) is 6.08 Å². The molecular formula is C16H19N3O2. The molecule has 0 saturated carbocycles. The van der Waals surface area contributed by atoms with Crippen LogP contribution in [0.5, 0.6) is 0 Å². The molecule has 0 aliphatic heterocycles. The van der Waals surface area contributed by atoms with Gasteiger partial charge < -0.3 is 10.6 Å². The van der Waals surface area contributed by atoms with Crippen LogP contribution in [0.4, 0.5) is 5.69 Å². The van der Waals surface area contributed by atoms with E-state index in [9.17, 15) is 9.59 Å². The first-order valence-electron chi connectivity index (χ1n) is 6.73. The van der Waals surface area contributed by atoms with E-state index in [0.717, 1.165) is 5.56 Å². The van der Waals surface area contributed by atoms with Gasteiger partial charge in [-0.05, 0) is 23.6 Å². The van der Waals surface area contributed by atoms with E-state index in [2.05, 4.69) is 10.6 Å². The largest absolute Gasteiger partial charge is 0.348 e. The summed E-state index contributed by atoms with van der Waals surface area (Å²) < 4.78 is 0. The van der Waals surface area contributed by atoms with Crippen LogP contribution in [0.3, 0.4) is 0 Å². The standard InChI is InChI=1S/C16H19N3O2/c1-12(2)7-8-15(20)18-11-13-5-3-4-6-14(13)19-16(21)9-10-17/h3-8,12H,9,11H2,1-2H3,(H,18,20)(H,19,21)/b8-7+. The highest BCUT2D eigenvalue weighted by Gasteiger charge is 2.06. The number of amides is 2. The van der Waals surface area contributed by atoms with Crippen molar-refractivity contribution in [3.05, 3.63) is 42.0 Å². The molecule has 1 aromatic carbocycles. The van der Waals surface area contributed by atoms with E-state index < -0.39 is 0 Å². The van der Waals surface area contributed by atoms with Crippen molar-refractivity contribution in [2.45, 2.75) is 26.8 Å². The normalized spacial score (nSPS) is 10.4. The number of anilines is 1. The minimum absolute atomic E-state index is 0.179. The molecule has 110 valence electrons. The van der Waals surface area contributed by atoms with Crippen LogP contribution in [-0.4, -0.2) is 11.8 Å². The van der Waals surface area contributed by atoms with Gasteiger partial charge in [0, 0.05) is 12.2 Å². The molecule has 21 heavy (non-hydrogen) atoms. The van der Waals surface area contributed by atoms with Gasteiger partial charge in [0.05, 0.1) is 6.07 Å². The second kappa shape index (κ2) is 8.54. The number of hydrogen-bond donors (Lipinski definition) is 2. The average Bonchev–Trinajstić information content (AvgIpc) is 2.44. The van der Waals surface area contributed by atoms with Crippen molar-refractivity contribution in [1.29, 1.82) is 5.26 Å². The van der Waals surface area contributed by atoms with Crippen molar-refractivity contribution in [2.24, 2.45) is 5.92 Å². The molecule has 0 bridgehead atoms. The van der Waals surface area contributed by atoms with Gasteiger partial charge in [0.15, 0.2) is 0 Å². The topological polar surface area (TPSA) is 82.0 Å². The minimum atomic E-state index is -0.365. The first-order chi connectivity index (χ1) is 10.0. The maximum Gasteiger partial charge on any atom is 0.243 e. The lowest BCUT2D eigenvalue weighted by molar-refractivity contribution is -0.117. The lowest BCUT2D eigenvalue weighted by Gasteiger charge is -2.10. The zero-order chi connectivity index (χ0) is 15.7. The molecule has 2 N–H and O–H groups in total. The van der Waals surface area contributed by atoms with Crippen LogP contribution >= 0.6 is 0 Å². The van der Waals surface area contributed by atoms with Crippen LogP contribution in [0.2, 0.25) is 0 Å². The Balaban J connectivity index is 2.65. The predicted molar refractivity (Wildman–Crippen MR) is 81.1 cm³/mol. The first-order valence-corrected chi connectivity index (χ1v) is 6.73. The fourth-order valence-electron chi connectivity index (χ4n) is 1.58. The quantitative estimate of drug-likeness (QED) is 0.787. The smallest absolute Gasteiger partial charge is 0.243 e. The van der Waals surface area contributed by atoms with Crippen LogP contribution in [0, 0.1) is 17.2 Å². The highest BCUT2D eigenvalue weighted by atomic mass is 16.2. The number of allylic oxidation sites excluding steroid dienone is 1.